The number of fused-ring (bicyclic) bond motifs is 1. The van der Waals surface area contributed by atoms with Crippen LogP contribution in [0.4, 0.5) is 0 Å². The van der Waals surface area contributed by atoms with Crippen molar-refractivity contribution in [3.8, 4) is 5.75 Å². The van der Waals surface area contributed by atoms with Crippen LogP contribution in [-0.4, -0.2) is 12.4 Å². The van der Waals surface area contributed by atoms with Crippen LogP contribution in [0.2, 0.25) is 0 Å². The molecule has 0 aromatic heterocycles. The highest BCUT2D eigenvalue weighted by molar-refractivity contribution is 6.00. The van der Waals surface area contributed by atoms with Crippen LogP contribution in [0.25, 0.3) is 0 Å². The summed E-state index contributed by atoms with van der Waals surface area (Å²) in [5, 5.41) is 0. The first-order chi connectivity index (χ1) is 8.77. The van der Waals surface area contributed by atoms with Gasteiger partial charge in [-0.1, -0.05) is 38.8 Å². The Balaban J connectivity index is 2.24. The number of carbonyl (C=O) groups is 1. The maximum absolute atomic E-state index is 12.6. The minimum atomic E-state index is 0.163. The lowest BCUT2D eigenvalue weighted by atomic mass is 9.89. The molecule has 18 heavy (non-hydrogen) atoms. The van der Waals surface area contributed by atoms with E-state index in [-0.39, 0.29) is 11.7 Å². The van der Waals surface area contributed by atoms with Gasteiger partial charge in [0.25, 0.3) is 0 Å². The lowest BCUT2D eigenvalue weighted by Crippen LogP contribution is -2.15. The molecule has 1 aromatic rings. The molecule has 1 aliphatic rings. The first-order valence-corrected chi connectivity index (χ1v) is 7.06. The molecule has 2 nitrogen and oxygen atoms in total. The van der Waals surface area contributed by atoms with Gasteiger partial charge >= 0.3 is 0 Å². The molecule has 0 amide bonds. The Morgan fingerprint density at radius 1 is 1.28 bits per heavy atom. The summed E-state index contributed by atoms with van der Waals surface area (Å²) in [5.74, 6) is 1.29. The molecular weight excluding hydrogens is 224 g/mol. The average Bonchev–Trinajstić information content (AvgIpc) is 2.85. The van der Waals surface area contributed by atoms with Gasteiger partial charge in [-0.05, 0) is 24.5 Å². The first kappa shape index (κ1) is 13.1. The van der Waals surface area contributed by atoms with Gasteiger partial charge in [0.2, 0.25) is 0 Å². The summed E-state index contributed by atoms with van der Waals surface area (Å²) < 4.78 is 5.64. The summed E-state index contributed by atoms with van der Waals surface area (Å²) in [6.07, 6.45) is 5.02. The normalized spacial score (nSPS) is 13.5. The van der Waals surface area contributed by atoms with Crippen molar-refractivity contribution in [3.05, 3.63) is 29.3 Å². The Kier molecular flexibility index (Phi) is 4.40. The van der Waals surface area contributed by atoms with Gasteiger partial charge in [-0.3, -0.25) is 4.79 Å². The smallest absolute Gasteiger partial charge is 0.169 e. The van der Waals surface area contributed by atoms with Crippen LogP contribution in [0.5, 0.6) is 5.75 Å². The number of benzene rings is 1. The van der Waals surface area contributed by atoms with E-state index in [0.717, 1.165) is 43.4 Å². The molecule has 0 N–H and O–H groups in total. The number of ether oxygens (including phenoxy) is 1. The van der Waals surface area contributed by atoms with E-state index >= 15 is 0 Å². The fourth-order valence-corrected chi connectivity index (χ4v) is 2.73. The van der Waals surface area contributed by atoms with Gasteiger partial charge < -0.3 is 4.74 Å². The van der Waals surface area contributed by atoms with Gasteiger partial charge in [-0.2, -0.15) is 0 Å². The van der Waals surface area contributed by atoms with Gasteiger partial charge in [0.1, 0.15) is 5.75 Å². The summed E-state index contributed by atoms with van der Waals surface area (Å²) in [5.41, 5.74) is 1.99. The number of carbonyl (C=O) groups excluding carboxylic acids is 1. The standard InChI is InChI=1S/C16H22O2/c1-3-6-12(7-4-2)15(17)14-9-5-8-13-10-11-18-16(13)14/h5,8-9,12H,3-4,6-7,10-11H2,1-2H3. The van der Waals surface area contributed by atoms with Gasteiger partial charge in [-0.15, -0.1) is 0 Å². The molecule has 0 radical (unpaired) electrons. The third-order valence-corrected chi connectivity index (χ3v) is 3.62. The Labute approximate surface area is 109 Å². The Morgan fingerprint density at radius 3 is 2.67 bits per heavy atom. The Bertz CT molecular complexity index is 417. The van der Waals surface area contributed by atoms with Crippen LogP contribution in [0.1, 0.15) is 55.5 Å². The third-order valence-electron chi connectivity index (χ3n) is 3.62. The molecule has 98 valence electrons. The van der Waals surface area contributed by atoms with Crippen molar-refractivity contribution in [1.29, 1.82) is 0 Å². The van der Waals surface area contributed by atoms with E-state index in [1.54, 1.807) is 0 Å². The molecule has 0 spiro atoms. The molecule has 0 saturated carbocycles. The number of Topliss-reactive ketones (excluding diaryl/α,β-unsaturated/α-hetero) is 1. The van der Waals surface area contributed by atoms with Crippen LogP contribution in [-0.2, 0) is 6.42 Å². The van der Waals surface area contributed by atoms with E-state index in [1.807, 2.05) is 12.1 Å². The van der Waals surface area contributed by atoms with Crippen molar-refractivity contribution in [1.82, 2.24) is 0 Å². The van der Waals surface area contributed by atoms with Crippen LogP contribution in [0.3, 0.4) is 0 Å². The predicted molar refractivity (Wildman–Crippen MR) is 73.3 cm³/mol. The summed E-state index contributed by atoms with van der Waals surface area (Å²) in [6, 6.07) is 5.97. The number of ketones is 1. The van der Waals surface area contributed by atoms with Gasteiger partial charge in [-0.25, -0.2) is 0 Å². The van der Waals surface area contributed by atoms with Crippen LogP contribution >= 0.6 is 0 Å². The molecule has 0 bridgehead atoms. The molecule has 0 fully saturated rings. The lowest BCUT2D eigenvalue weighted by molar-refractivity contribution is 0.0901. The minimum absolute atomic E-state index is 0.163. The average molecular weight is 246 g/mol. The number of hydrogen-bond donors (Lipinski definition) is 0. The molecular formula is C16H22O2. The topological polar surface area (TPSA) is 26.3 Å². The maximum atomic E-state index is 12.6. The monoisotopic (exact) mass is 246 g/mol. The summed E-state index contributed by atoms with van der Waals surface area (Å²) in [6.45, 7) is 5.00. The molecule has 1 aromatic carbocycles. The SMILES string of the molecule is CCCC(CCC)C(=O)c1cccc2c1OCC2. The van der Waals surface area contributed by atoms with E-state index in [1.165, 1.54) is 5.56 Å². The van der Waals surface area contributed by atoms with E-state index in [4.69, 9.17) is 4.74 Å². The van der Waals surface area contributed by atoms with Crippen LogP contribution in [0.15, 0.2) is 18.2 Å². The molecule has 0 saturated heterocycles. The summed E-state index contributed by atoms with van der Waals surface area (Å²) in [4.78, 5) is 12.6. The molecule has 0 atom stereocenters. The van der Waals surface area contributed by atoms with E-state index in [2.05, 4.69) is 19.9 Å². The highest BCUT2D eigenvalue weighted by Crippen LogP contribution is 2.32. The quantitative estimate of drug-likeness (QED) is 0.709. The predicted octanol–water partition coefficient (Wildman–Crippen LogP) is 4.02. The van der Waals surface area contributed by atoms with Crippen molar-refractivity contribution in [2.75, 3.05) is 6.61 Å². The lowest BCUT2D eigenvalue weighted by Gasteiger charge is -2.15. The second kappa shape index (κ2) is 6.03. The van der Waals surface area contributed by atoms with E-state index in [9.17, 15) is 4.79 Å². The maximum Gasteiger partial charge on any atom is 0.169 e. The van der Waals surface area contributed by atoms with E-state index < -0.39 is 0 Å². The van der Waals surface area contributed by atoms with Crippen molar-refractivity contribution in [2.45, 2.75) is 46.0 Å². The molecule has 2 rings (SSSR count). The summed E-state index contributed by atoms with van der Waals surface area (Å²) >= 11 is 0. The fraction of sp³-hybridized carbons (Fsp3) is 0.562. The van der Waals surface area contributed by atoms with Crippen molar-refractivity contribution >= 4 is 5.78 Å². The molecule has 2 heteroatoms. The molecule has 0 unspecified atom stereocenters. The second-order valence-electron chi connectivity index (χ2n) is 5.03. The molecule has 1 aliphatic heterocycles. The van der Waals surface area contributed by atoms with E-state index in [0.29, 0.717) is 6.61 Å². The van der Waals surface area contributed by atoms with Gasteiger partial charge in [0.05, 0.1) is 12.2 Å². The van der Waals surface area contributed by atoms with Crippen LogP contribution < -0.4 is 4.74 Å². The van der Waals surface area contributed by atoms with Gasteiger partial charge in [0.15, 0.2) is 5.78 Å². The zero-order chi connectivity index (χ0) is 13.0. The number of para-hydroxylation sites is 1. The third kappa shape index (κ3) is 2.58. The van der Waals surface area contributed by atoms with Crippen molar-refractivity contribution in [3.63, 3.8) is 0 Å². The first-order valence-electron chi connectivity index (χ1n) is 7.06. The zero-order valence-electron chi connectivity index (χ0n) is 11.4. The van der Waals surface area contributed by atoms with Crippen LogP contribution in [0, 0.1) is 5.92 Å². The Morgan fingerprint density at radius 2 is 2.00 bits per heavy atom. The van der Waals surface area contributed by atoms with Crippen molar-refractivity contribution < 1.29 is 9.53 Å². The number of hydrogen-bond acceptors (Lipinski definition) is 2. The van der Waals surface area contributed by atoms with Crippen molar-refractivity contribution in [2.24, 2.45) is 5.92 Å². The Hall–Kier alpha value is -1.31. The highest BCUT2D eigenvalue weighted by Gasteiger charge is 2.25. The highest BCUT2D eigenvalue weighted by atomic mass is 16.5. The fourth-order valence-electron chi connectivity index (χ4n) is 2.73. The zero-order valence-corrected chi connectivity index (χ0v) is 11.4. The molecule has 0 aliphatic carbocycles. The minimum Gasteiger partial charge on any atom is -0.492 e. The largest absolute Gasteiger partial charge is 0.492 e. The number of rotatable bonds is 6. The molecule has 1 heterocycles. The van der Waals surface area contributed by atoms with Gasteiger partial charge in [0, 0.05) is 12.3 Å². The summed E-state index contributed by atoms with van der Waals surface area (Å²) in [7, 11) is 0. The second-order valence-corrected chi connectivity index (χ2v) is 5.03.